The predicted molar refractivity (Wildman–Crippen MR) is 51.0 cm³/mol. The molecule has 4 nitrogen and oxygen atoms in total. The summed E-state index contributed by atoms with van der Waals surface area (Å²) in [5.41, 5.74) is -0.149. The summed E-state index contributed by atoms with van der Waals surface area (Å²) in [6, 6.07) is 0. The molecule has 0 aromatic heterocycles. The van der Waals surface area contributed by atoms with Gasteiger partial charge in [-0.25, -0.2) is 4.79 Å². The molecule has 4 heteroatoms. The highest BCUT2D eigenvalue weighted by atomic mass is 16.6. The summed E-state index contributed by atoms with van der Waals surface area (Å²) in [4.78, 5) is 11.0. The zero-order valence-electron chi connectivity index (χ0n) is 8.71. The van der Waals surface area contributed by atoms with E-state index < -0.39 is 0 Å². The first-order valence-corrected chi connectivity index (χ1v) is 5.18. The van der Waals surface area contributed by atoms with Crippen LogP contribution in [0.3, 0.4) is 0 Å². The van der Waals surface area contributed by atoms with Crippen molar-refractivity contribution in [1.82, 2.24) is 5.32 Å². The van der Waals surface area contributed by atoms with Gasteiger partial charge < -0.3 is 14.8 Å². The Kier molecular flexibility index (Phi) is 2.39. The van der Waals surface area contributed by atoms with Crippen molar-refractivity contribution in [3.05, 3.63) is 0 Å². The van der Waals surface area contributed by atoms with Crippen LogP contribution in [-0.2, 0) is 9.47 Å². The van der Waals surface area contributed by atoms with E-state index in [1.54, 1.807) is 0 Å². The standard InChI is InChI=1S/C10H17NO3/c1-7(2)8-5-10(3-4-13-8)6-14-9(12)11-10/h7-8H,3-6H2,1-2H3,(H,11,12). The van der Waals surface area contributed by atoms with Gasteiger partial charge in [0.15, 0.2) is 0 Å². The van der Waals surface area contributed by atoms with Crippen LogP contribution in [0, 0.1) is 5.92 Å². The molecule has 80 valence electrons. The lowest BCUT2D eigenvalue weighted by molar-refractivity contribution is -0.0486. The van der Waals surface area contributed by atoms with E-state index in [-0.39, 0.29) is 17.7 Å². The molecule has 2 aliphatic heterocycles. The second kappa shape index (κ2) is 3.42. The van der Waals surface area contributed by atoms with E-state index >= 15 is 0 Å². The molecule has 0 bridgehead atoms. The van der Waals surface area contributed by atoms with Crippen LogP contribution in [0.5, 0.6) is 0 Å². The number of cyclic esters (lactones) is 1. The van der Waals surface area contributed by atoms with Gasteiger partial charge in [-0.2, -0.15) is 0 Å². The van der Waals surface area contributed by atoms with Crippen LogP contribution in [0.4, 0.5) is 4.79 Å². The van der Waals surface area contributed by atoms with Crippen LogP contribution in [-0.4, -0.2) is 30.9 Å². The molecule has 1 spiro atoms. The van der Waals surface area contributed by atoms with Crippen LogP contribution < -0.4 is 5.32 Å². The summed E-state index contributed by atoms with van der Waals surface area (Å²) in [5, 5.41) is 2.91. The number of carbonyl (C=O) groups excluding carboxylic acids is 1. The first-order chi connectivity index (χ1) is 6.61. The first kappa shape index (κ1) is 9.77. The van der Waals surface area contributed by atoms with Crippen molar-refractivity contribution in [2.24, 2.45) is 5.92 Å². The molecule has 14 heavy (non-hydrogen) atoms. The summed E-state index contributed by atoms with van der Waals surface area (Å²) in [6.45, 7) is 5.49. The van der Waals surface area contributed by atoms with Crippen molar-refractivity contribution in [1.29, 1.82) is 0 Å². The van der Waals surface area contributed by atoms with E-state index in [0.29, 0.717) is 19.1 Å². The van der Waals surface area contributed by atoms with Gasteiger partial charge in [-0.15, -0.1) is 0 Å². The van der Waals surface area contributed by atoms with Gasteiger partial charge in [-0.05, 0) is 12.3 Å². The lowest BCUT2D eigenvalue weighted by atomic mass is 9.84. The van der Waals surface area contributed by atoms with E-state index in [1.807, 2.05) is 0 Å². The van der Waals surface area contributed by atoms with E-state index in [2.05, 4.69) is 19.2 Å². The summed E-state index contributed by atoms with van der Waals surface area (Å²) in [7, 11) is 0. The molecule has 2 heterocycles. The molecule has 2 rings (SSSR count). The highest BCUT2D eigenvalue weighted by Crippen LogP contribution is 2.31. The molecule has 0 saturated carbocycles. The number of rotatable bonds is 1. The molecule has 1 N–H and O–H groups in total. The Labute approximate surface area is 84.0 Å². The number of amides is 1. The zero-order chi connectivity index (χ0) is 10.2. The van der Waals surface area contributed by atoms with Gasteiger partial charge in [0.05, 0.1) is 11.6 Å². The van der Waals surface area contributed by atoms with Gasteiger partial charge in [0, 0.05) is 13.0 Å². The number of alkyl carbamates (subject to hydrolysis) is 1. The van der Waals surface area contributed by atoms with E-state index in [0.717, 1.165) is 12.8 Å². The number of hydrogen-bond acceptors (Lipinski definition) is 3. The smallest absolute Gasteiger partial charge is 0.407 e. The Morgan fingerprint density at radius 2 is 2.36 bits per heavy atom. The number of hydrogen-bond donors (Lipinski definition) is 1. The highest BCUT2D eigenvalue weighted by Gasteiger charge is 2.44. The van der Waals surface area contributed by atoms with Gasteiger partial charge in [0.2, 0.25) is 0 Å². The topological polar surface area (TPSA) is 47.6 Å². The van der Waals surface area contributed by atoms with Crippen LogP contribution in [0.25, 0.3) is 0 Å². The summed E-state index contributed by atoms with van der Waals surface area (Å²) in [6.07, 6.45) is 1.69. The minimum absolute atomic E-state index is 0.149. The number of nitrogens with one attached hydrogen (secondary N) is 1. The largest absolute Gasteiger partial charge is 0.447 e. The molecule has 2 fully saturated rings. The Morgan fingerprint density at radius 1 is 1.57 bits per heavy atom. The van der Waals surface area contributed by atoms with Gasteiger partial charge in [0.1, 0.15) is 6.61 Å². The van der Waals surface area contributed by atoms with Crippen molar-refractivity contribution < 1.29 is 14.3 Å². The van der Waals surface area contributed by atoms with Crippen molar-refractivity contribution >= 4 is 6.09 Å². The maximum Gasteiger partial charge on any atom is 0.407 e. The normalized spacial score (nSPS) is 37.4. The summed E-state index contributed by atoms with van der Waals surface area (Å²) >= 11 is 0. The maximum absolute atomic E-state index is 11.0. The lowest BCUT2D eigenvalue weighted by Gasteiger charge is -2.37. The van der Waals surface area contributed by atoms with E-state index in [4.69, 9.17) is 9.47 Å². The third-order valence-electron chi connectivity index (χ3n) is 3.09. The molecule has 2 atom stereocenters. The molecule has 0 aromatic rings. The fraction of sp³-hybridized carbons (Fsp3) is 0.900. The Hall–Kier alpha value is -0.770. The van der Waals surface area contributed by atoms with Crippen LogP contribution in [0.15, 0.2) is 0 Å². The average molecular weight is 199 g/mol. The molecule has 0 aromatic carbocycles. The minimum atomic E-state index is -0.283. The van der Waals surface area contributed by atoms with E-state index in [9.17, 15) is 4.79 Å². The highest BCUT2D eigenvalue weighted by molar-refractivity contribution is 5.70. The molecule has 0 aliphatic carbocycles. The fourth-order valence-corrected chi connectivity index (χ4v) is 2.12. The summed E-state index contributed by atoms with van der Waals surface area (Å²) < 4.78 is 10.6. The second-order valence-electron chi connectivity index (χ2n) is 4.59. The molecule has 2 unspecified atom stereocenters. The third kappa shape index (κ3) is 1.71. The van der Waals surface area contributed by atoms with Crippen molar-refractivity contribution in [3.8, 4) is 0 Å². The van der Waals surface area contributed by atoms with Crippen LogP contribution >= 0.6 is 0 Å². The number of ether oxygens (including phenoxy) is 2. The lowest BCUT2D eigenvalue weighted by Crippen LogP contribution is -2.51. The monoisotopic (exact) mass is 199 g/mol. The summed E-state index contributed by atoms with van der Waals surface area (Å²) in [5.74, 6) is 0.490. The van der Waals surface area contributed by atoms with Gasteiger partial charge in [0.25, 0.3) is 0 Å². The molecule has 2 aliphatic rings. The molecule has 2 saturated heterocycles. The molecular weight excluding hydrogens is 182 g/mol. The third-order valence-corrected chi connectivity index (χ3v) is 3.09. The zero-order valence-corrected chi connectivity index (χ0v) is 8.71. The van der Waals surface area contributed by atoms with Crippen LogP contribution in [0.2, 0.25) is 0 Å². The Balaban J connectivity index is 2.03. The quantitative estimate of drug-likeness (QED) is 0.692. The fourth-order valence-electron chi connectivity index (χ4n) is 2.12. The SMILES string of the molecule is CC(C)C1CC2(CCO1)COC(=O)N2. The Morgan fingerprint density at radius 3 is 2.93 bits per heavy atom. The Bertz CT molecular complexity index is 242. The van der Waals surface area contributed by atoms with Crippen molar-refractivity contribution in [3.63, 3.8) is 0 Å². The first-order valence-electron chi connectivity index (χ1n) is 5.18. The van der Waals surface area contributed by atoms with Crippen LogP contribution in [0.1, 0.15) is 26.7 Å². The van der Waals surface area contributed by atoms with Gasteiger partial charge >= 0.3 is 6.09 Å². The molecular formula is C10H17NO3. The number of carbonyl (C=O) groups is 1. The molecule has 1 amide bonds. The van der Waals surface area contributed by atoms with Gasteiger partial charge in [-0.3, -0.25) is 0 Å². The minimum Gasteiger partial charge on any atom is -0.447 e. The van der Waals surface area contributed by atoms with E-state index in [1.165, 1.54) is 0 Å². The van der Waals surface area contributed by atoms with Crippen molar-refractivity contribution in [2.45, 2.75) is 38.3 Å². The average Bonchev–Trinajstić information content (AvgIpc) is 2.47. The molecule has 0 radical (unpaired) electrons. The second-order valence-corrected chi connectivity index (χ2v) is 4.59. The maximum atomic E-state index is 11.0. The van der Waals surface area contributed by atoms with Crippen molar-refractivity contribution in [2.75, 3.05) is 13.2 Å². The van der Waals surface area contributed by atoms with Gasteiger partial charge in [-0.1, -0.05) is 13.8 Å². The predicted octanol–water partition coefficient (Wildman–Crippen LogP) is 1.30.